The van der Waals surface area contributed by atoms with Crippen molar-refractivity contribution in [1.82, 2.24) is 20.9 Å². The molecule has 1 aliphatic heterocycles. The maximum atomic E-state index is 11.9. The summed E-state index contributed by atoms with van der Waals surface area (Å²) in [5.41, 5.74) is 1.11. The molecule has 0 saturated carbocycles. The number of guanidine groups is 1. The normalized spacial score (nSPS) is 15.9. The van der Waals surface area contributed by atoms with Crippen molar-refractivity contribution in [2.75, 3.05) is 57.8 Å². The largest absolute Gasteiger partial charge is 0.369 e. The fourth-order valence-corrected chi connectivity index (χ4v) is 3.38. The summed E-state index contributed by atoms with van der Waals surface area (Å²) in [6, 6.07) is 10.7. The number of benzene rings is 1. The van der Waals surface area contributed by atoms with Crippen LogP contribution in [-0.4, -0.2) is 75.2 Å². The maximum Gasteiger partial charge on any atom is 0.239 e. The van der Waals surface area contributed by atoms with E-state index >= 15 is 0 Å². The zero-order valence-electron chi connectivity index (χ0n) is 18.5. The maximum absolute atomic E-state index is 11.9. The van der Waals surface area contributed by atoms with Crippen molar-refractivity contribution in [2.45, 2.75) is 39.2 Å². The van der Waals surface area contributed by atoms with Gasteiger partial charge >= 0.3 is 0 Å². The van der Waals surface area contributed by atoms with Crippen molar-refractivity contribution in [3.63, 3.8) is 0 Å². The van der Waals surface area contributed by atoms with Gasteiger partial charge in [0.1, 0.15) is 0 Å². The fourth-order valence-electron chi connectivity index (χ4n) is 3.38. The monoisotopic (exact) mass is 402 g/mol. The Hall–Kier alpha value is -2.28. The highest BCUT2D eigenvalue weighted by molar-refractivity contribution is 5.86. The first-order valence-corrected chi connectivity index (χ1v) is 10.7. The molecule has 2 rings (SSSR count). The molecule has 3 N–H and O–H groups in total. The highest BCUT2D eigenvalue weighted by Gasteiger charge is 2.16. The van der Waals surface area contributed by atoms with Crippen molar-refractivity contribution >= 4 is 17.6 Å². The van der Waals surface area contributed by atoms with Gasteiger partial charge in [0.2, 0.25) is 5.91 Å². The third-order valence-corrected chi connectivity index (χ3v) is 4.84. The lowest BCUT2D eigenvalue weighted by Gasteiger charge is -2.36. The number of nitrogens with zero attached hydrogens (tertiary/aromatic N) is 3. The Morgan fingerprint density at radius 3 is 2.34 bits per heavy atom. The molecule has 0 bridgehead atoms. The van der Waals surface area contributed by atoms with Crippen molar-refractivity contribution in [1.29, 1.82) is 0 Å². The fraction of sp³-hybridized carbons (Fsp3) is 0.636. The minimum absolute atomic E-state index is 0.0323. The number of hydrogen-bond acceptors (Lipinski definition) is 4. The van der Waals surface area contributed by atoms with Crippen LogP contribution in [0.4, 0.5) is 5.69 Å². The van der Waals surface area contributed by atoms with Crippen LogP contribution < -0.4 is 20.9 Å². The summed E-state index contributed by atoms with van der Waals surface area (Å²) < 4.78 is 0. The number of nitrogens with one attached hydrogen (secondary N) is 3. The van der Waals surface area contributed by atoms with Crippen LogP contribution in [0.25, 0.3) is 0 Å². The molecule has 0 aliphatic carbocycles. The number of unbranched alkanes of at least 4 members (excludes halogenated alkanes) is 1. The molecule has 7 nitrogen and oxygen atoms in total. The molecule has 1 aliphatic rings. The highest BCUT2D eigenvalue weighted by Crippen LogP contribution is 2.15. The number of rotatable bonds is 8. The lowest BCUT2D eigenvalue weighted by atomic mass is 10.1. The summed E-state index contributed by atoms with van der Waals surface area (Å²) in [6.45, 7) is 12.5. The summed E-state index contributed by atoms with van der Waals surface area (Å²) in [5.74, 6) is 0.639. The smallest absolute Gasteiger partial charge is 0.239 e. The number of anilines is 1. The molecule has 162 valence electrons. The molecular formula is C22H38N6O. The van der Waals surface area contributed by atoms with Crippen LogP contribution in [0.5, 0.6) is 0 Å². The predicted molar refractivity (Wildman–Crippen MR) is 122 cm³/mol. The van der Waals surface area contributed by atoms with Crippen LogP contribution in [0.2, 0.25) is 0 Å². The Balaban J connectivity index is 1.54. The second-order valence-electron chi connectivity index (χ2n) is 8.52. The van der Waals surface area contributed by atoms with Crippen LogP contribution in [0.15, 0.2) is 35.3 Å². The quantitative estimate of drug-likeness (QED) is 0.351. The minimum atomic E-state index is -0.220. The Morgan fingerprint density at radius 2 is 1.72 bits per heavy atom. The van der Waals surface area contributed by atoms with E-state index in [1.54, 1.807) is 7.05 Å². The van der Waals surface area contributed by atoms with Gasteiger partial charge in [-0.1, -0.05) is 18.2 Å². The molecule has 1 fully saturated rings. The summed E-state index contributed by atoms with van der Waals surface area (Å²) in [5, 5.41) is 9.28. The molecule has 0 spiro atoms. The molecule has 0 unspecified atom stereocenters. The van der Waals surface area contributed by atoms with E-state index in [1.807, 2.05) is 20.8 Å². The first-order valence-electron chi connectivity index (χ1n) is 10.7. The van der Waals surface area contributed by atoms with Crippen molar-refractivity contribution in [2.24, 2.45) is 4.99 Å². The van der Waals surface area contributed by atoms with E-state index < -0.39 is 0 Å². The first-order chi connectivity index (χ1) is 13.9. The van der Waals surface area contributed by atoms with Gasteiger partial charge in [-0.25, -0.2) is 0 Å². The van der Waals surface area contributed by atoms with Crippen molar-refractivity contribution in [3.8, 4) is 0 Å². The lowest BCUT2D eigenvalue weighted by Crippen LogP contribution is -2.48. The highest BCUT2D eigenvalue weighted by atomic mass is 16.2. The number of aliphatic imine (C=N–C) groups is 1. The molecule has 1 saturated heterocycles. The summed E-state index contributed by atoms with van der Waals surface area (Å²) >= 11 is 0. The molecule has 0 atom stereocenters. The number of carbonyl (C=O) groups excluding carboxylic acids is 1. The topological polar surface area (TPSA) is 72.0 Å². The number of piperazine rings is 1. The zero-order chi connectivity index (χ0) is 21.1. The van der Waals surface area contributed by atoms with Gasteiger partial charge in [0.15, 0.2) is 5.96 Å². The van der Waals surface area contributed by atoms with Crippen LogP contribution in [-0.2, 0) is 4.79 Å². The number of amides is 1. The zero-order valence-corrected chi connectivity index (χ0v) is 18.5. The Kier molecular flexibility index (Phi) is 9.25. The van der Waals surface area contributed by atoms with E-state index in [0.29, 0.717) is 5.96 Å². The Morgan fingerprint density at radius 1 is 1.03 bits per heavy atom. The average Bonchev–Trinajstić information content (AvgIpc) is 2.70. The van der Waals surface area contributed by atoms with E-state index in [1.165, 1.54) is 5.69 Å². The van der Waals surface area contributed by atoms with Crippen LogP contribution >= 0.6 is 0 Å². The van der Waals surface area contributed by atoms with Gasteiger partial charge in [0, 0.05) is 51.0 Å². The van der Waals surface area contributed by atoms with E-state index in [0.717, 1.165) is 52.1 Å². The number of carbonyl (C=O) groups is 1. The van der Waals surface area contributed by atoms with Crippen molar-refractivity contribution in [3.05, 3.63) is 30.3 Å². The number of para-hydroxylation sites is 1. The lowest BCUT2D eigenvalue weighted by molar-refractivity contribution is -0.121. The second-order valence-corrected chi connectivity index (χ2v) is 8.52. The van der Waals surface area contributed by atoms with Gasteiger partial charge in [-0.05, 0) is 52.3 Å². The summed E-state index contributed by atoms with van der Waals surface area (Å²) in [7, 11) is 1.73. The van der Waals surface area contributed by atoms with E-state index in [9.17, 15) is 4.79 Å². The second kappa shape index (κ2) is 11.7. The predicted octanol–water partition coefficient (Wildman–Crippen LogP) is 1.67. The van der Waals surface area contributed by atoms with Gasteiger partial charge in [-0.15, -0.1) is 0 Å². The van der Waals surface area contributed by atoms with Gasteiger partial charge < -0.3 is 20.9 Å². The van der Waals surface area contributed by atoms with Gasteiger partial charge in [-0.3, -0.25) is 14.7 Å². The third-order valence-electron chi connectivity index (χ3n) is 4.84. The van der Waals surface area contributed by atoms with Crippen LogP contribution in [0.1, 0.15) is 33.6 Å². The summed E-state index contributed by atoms with van der Waals surface area (Å²) in [4.78, 5) is 21.1. The Bertz CT molecular complexity index is 632. The van der Waals surface area contributed by atoms with Gasteiger partial charge in [0.25, 0.3) is 0 Å². The van der Waals surface area contributed by atoms with E-state index in [4.69, 9.17) is 0 Å². The molecule has 1 aromatic rings. The molecule has 1 amide bonds. The third kappa shape index (κ3) is 9.17. The SMILES string of the molecule is CN=C(NCCCCN1CCN(c2ccccc2)CC1)NCC(=O)NC(C)(C)C. The molecule has 29 heavy (non-hydrogen) atoms. The minimum Gasteiger partial charge on any atom is -0.369 e. The van der Waals surface area contributed by atoms with Crippen molar-refractivity contribution < 1.29 is 4.79 Å². The molecule has 0 radical (unpaired) electrons. The standard InChI is InChI=1S/C22H38N6O/c1-22(2,3)26-20(29)18-25-21(23-4)24-12-8-9-13-27-14-16-28(17-15-27)19-10-6-5-7-11-19/h5-7,10-11H,8-9,12-18H2,1-4H3,(H,26,29)(H2,23,24,25). The van der Waals surface area contributed by atoms with Gasteiger partial charge in [-0.2, -0.15) is 0 Å². The first kappa shape index (κ1) is 23.0. The van der Waals surface area contributed by atoms with E-state index in [-0.39, 0.29) is 18.0 Å². The molecule has 7 heteroatoms. The summed E-state index contributed by atoms with van der Waals surface area (Å²) in [6.07, 6.45) is 2.23. The van der Waals surface area contributed by atoms with Gasteiger partial charge in [0.05, 0.1) is 6.54 Å². The number of hydrogen-bond donors (Lipinski definition) is 3. The Labute approximate surface area is 175 Å². The van der Waals surface area contributed by atoms with Crippen LogP contribution in [0, 0.1) is 0 Å². The molecular weight excluding hydrogens is 364 g/mol. The van der Waals surface area contributed by atoms with Crippen LogP contribution in [0.3, 0.4) is 0 Å². The van der Waals surface area contributed by atoms with E-state index in [2.05, 4.69) is 61.1 Å². The average molecular weight is 403 g/mol. The molecule has 0 aromatic heterocycles. The molecule has 1 aromatic carbocycles. The molecule has 1 heterocycles.